The summed E-state index contributed by atoms with van der Waals surface area (Å²) in [5.41, 5.74) is 3.11. The van der Waals surface area contributed by atoms with Crippen LogP contribution >= 0.6 is 24.8 Å². The Hall–Kier alpha value is -1.93. The molecule has 0 bridgehead atoms. The van der Waals surface area contributed by atoms with E-state index in [0.717, 1.165) is 48.2 Å². The van der Waals surface area contributed by atoms with Gasteiger partial charge in [-0.25, -0.2) is 0 Å². The number of nitrogens with zero attached hydrogens (tertiary/aromatic N) is 1. The molecule has 1 aromatic heterocycles. The van der Waals surface area contributed by atoms with Crippen LogP contribution in [-0.4, -0.2) is 42.4 Å². The molecule has 0 saturated carbocycles. The van der Waals surface area contributed by atoms with E-state index in [2.05, 4.69) is 26.0 Å². The second-order valence-electron chi connectivity index (χ2n) is 6.59. The van der Waals surface area contributed by atoms with Crippen molar-refractivity contribution in [3.8, 4) is 5.75 Å². The van der Waals surface area contributed by atoms with Gasteiger partial charge in [-0.05, 0) is 29.3 Å². The molecule has 0 unspecified atom stereocenters. The molecular weight excluding hydrogens is 426 g/mol. The van der Waals surface area contributed by atoms with E-state index in [1.165, 1.54) is 12.1 Å². The van der Waals surface area contributed by atoms with Gasteiger partial charge in [0.15, 0.2) is 0 Å². The fourth-order valence-electron chi connectivity index (χ4n) is 3.70. The first-order valence-corrected chi connectivity index (χ1v) is 8.88. The Labute approximate surface area is 179 Å². The lowest BCUT2D eigenvalue weighted by Crippen LogP contribution is -2.45. The molecular formula is C20H22Cl2F3N3O. The summed E-state index contributed by atoms with van der Waals surface area (Å²) < 4.78 is 41.4. The summed E-state index contributed by atoms with van der Waals surface area (Å²) >= 11 is 0. The van der Waals surface area contributed by atoms with E-state index in [9.17, 15) is 13.2 Å². The lowest BCUT2D eigenvalue weighted by molar-refractivity contribution is -0.274. The summed E-state index contributed by atoms with van der Waals surface area (Å²) in [6, 6.07) is 14.2. The Morgan fingerprint density at radius 1 is 0.931 bits per heavy atom. The Kier molecular flexibility index (Phi) is 7.82. The van der Waals surface area contributed by atoms with Gasteiger partial charge in [0.2, 0.25) is 0 Å². The molecule has 0 radical (unpaired) electrons. The number of rotatable bonds is 4. The molecule has 0 spiro atoms. The van der Waals surface area contributed by atoms with Gasteiger partial charge >= 0.3 is 6.36 Å². The molecule has 0 aliphatic carbocycles. The Bertz CT molecular complexity index is 909. The standard InChI is InChI=1S/C20H20F3N3O.2ClH/c21-20(22,23)27-15-7-5-14(6-8-15)19(26-11-9-24-10-12-26)17-13-25-18-4-2-1-3-16(17)18;;/h1-8,13,19,24-25H,9-12H2;2*1H/t19-;;/m1../s1. The van der Waals surface area contributed by atoms with Gasteiger partial charge in [0.1, 0.15) is 5.75 Å². The number of aromatic nitrogens is 1. The van der Waals surface area contributed by atoms with Crippen LogP contribution in [0, 0.1) is 0 Å². The van der Waals surface area contributed by atoms with Crippen molar-refractivity contribution in [2.24, 2.45) is 0 Å². The van der Waals surface area contributed by atoms with Gasteiger partial charge < -0.3 is 15.0 Å². The van der Waals surface area contributed by atoms with Crippen LogP contribution in [0.4, 0.5) is 13.2 Å². The number of ether oxygens (including phenoxy) is 1. The van der Waals surface area contributed by atoms with Crippen LogP contribution in [0.25, 0.3) is 10.9 Å². The van der Waals surface area contributed by atoms with E-state index < -0.39 is 6.36 Å². The number of H-pyrrole nitrogens is 1. The van der Waals surface area contributed by atoms with Gasteiger partial charge in [-0.2, -0.15) is 0 Å². The maximum atomic E-state index is 12.4. The summed E-state index contributed by atoms with van der Waals surface area (Å²) in [5, 5.41) is 4.47. The third-order valence-corrected chi connectivity index (χ3v) is 4.86. The molecule has 4 rings (SSSR count). The summed E-state index contributed by atoms with van der Waals surface area (Å²) in [5.74, 6) is -0.204. The number of fused-ring (bicyclic) bond motifs is 1. The monoisotopic (exact) mass is 447 g/mol. The van der Waals surface area contributed by atoms with Crippen LogP contribution in [-0.2, 0) is 0 Å². The zero-order valence-electron chi connectivity index (χ0n) is 15.4. The highest BCUT2D eigenvalue weighted by Gasteiger charge is 2.31. The topological polar surface area (TPSA) is 40.3 Å². The number of benzene rings is 2. The number of piperazine rings is 1. The minimum Gasteiger partial charge on any atom is -0.406 e. The molecule has 9 heteroatoms. The Morgan fingerprint density at radius 3 is 2.24 bits per heavy atom. The highest BCUT2D eigenvalue weighted by molar-refractivity contribution is 5.86. The van der Waals surface area contributed by atoms with Gasteiger partial charge in [0.25, 0.3) is 0 Å². The summed E-state index contributed by atoms with van der Waals surface area (Å²) in [7, 11) is 0. The van der Waals surface area contributed by atoms with E-state index in [1.54, 1.807) is 12.1 Å². The summed E-state index contributed by atoms with van der Waals surface area (Å²) in [6.45, 7) is 3.50. The molecule has 29 heavy (non-hydrogen) atoms. The lowest BCUT2D eigenvalue weighted by Gasteiger charge is -2.35. The van der Waals surface area contributed by atoms with Gasteiger partial charge in [-0.15, -0.1) is 38.0 Å². The number of hydrogen-bond acceptors (Lipinski definition) is 3. The third kappa shape index (κ3) is 5.36. The largest absolute Gasteiger partial charge is 0.573 e. The second-order valence-corrected chi connectivity index (χ2v) is 6.59. The quantitative estimate of drug-likeness (QED) is 0.597. The molecule has 1 saturated heterocycles. The summed E-state index contributed by atoms with van der Waals surface area (Å²) in [4.78, 5) is 5.66. The van der Waals surface area contributed by atoms with E-state index in [0.29, 0.717) is 0 Å². The average molecular weight is 448 g/mol. The molecule has 0 amide bonds. The number of hydrogen-bond donors (Lipinski definition) is 2. The first-order chi connectivity index (χ1) is 13.0. The smallest absolute Gasteiger partial charge is 0.406 e. The Morgan fingerprint density at radius 2 is 1.59 bits per heavy atom. The fraction of sp³-hybridized carbons (Fsp3) is 0.300. The molecule has 1 fully saturated rings. The van der Waals surface area contributed by atoms with Crippen molar-refractivity contribution in [3.63, 3.8) is 0 Å². The number of aromatic amines is 1. The van der Waals surface area contributed by atoms with Gasteiger partial charge in [0, 0.05) is 43.3 Å². The maximum Gasteiger partial charge on any atom is 0.573 e. The highest BCUT2D eigenvalue weighted by atomic mass is 35.5. The molecule has 158 valence electrons. The molecule has 4 nitrogen and oxygen atoms in total. The predicted octanol–water partition coefficient (Wildman–Crippen LogP) is 4.90. The van der Waals surface area contributed by atoms with Crippen molar-refractivity contribution in [2.45, 2.75) is 12.4 Å². The van der Waals surface area contributed by atoms with Crippen molar-refractivity contribution >= 4 is 35.7 Å². The van der Waals surface area contributed by atoms with E-state index in [4.69, 9.17) is 0 Å². The Balaban J connectivity index is 0.00000150. The van der Waals surface area contributed by atoms with Gasteiger partial charge in [0.05, 0.1) is 6.04 Å². The SMILES string of the molecule is Cl.Cl.FC(F)(F)Oc1ccc([C@H](c2c[nH]c3ccccc23)N2CCNCC2)cc1. The molecule has 2 heterocycles. The molecule has 1 aliphatic rings. The first-order valence-electron chi connectivity index (χ1n) is 8.88. The van der Waals surface area contributed by atoms with Gasteiger partial charge in [-0.1, -0.05) is 30.3 Å². The maximum absolute atomic E-state index is 12.4. The van der Waals surface area contributed by atoms with Crippen molar-refractivity contribution in [3.05, 3.63) is 65.9 Å². The minimum absolute atomic E-state index is 0. The van der Waals surface area contributed by atoms with Crippen molar-refractivity contribution in [1.29, 1.82) is 0 Å². The van der Waals surface area contributed by atoms with Crippen LogP contribution in [0.15, 0.2) is 54.7 Å². The van der Waals surface area contributed by atoms with Crippen LogP contribution in [0.5, 0.6) is 5.75 Å². The van der Waals surface area contributed by atoms with Crippen LogP contribution in [0.1, 0.15) is 17.2 Å². The number of nitrogens with one attached hydrogen (secondary N) is 2. The number of para-hydroxylation sites is 1. The van der Waals surface area contributed by atoms with E-state index >= 15 is 0 Å². The van der Waals surface area contributed by atoms with Crippen LogP contribution in [0.2, 0.25) is 0 Å². The highest BCUT2D eigenvalue weighted by Crippen LogP contribution is 2.35. The third-order valence-electron chi connectivity index (χ3n) is 4.86. The zero-order valence-corrected chi connectivity index (χ0v) is 17.0. The molecule has 1 atom stereocenters. The molecule has 2 aromatic carbocycles. The second kappa shape index (κ2) is 9.71. The normalized spacial score (nSPS) is 16.0. The fourth-order valence-corrected chi connectivity index (χ4v) is 3.70. The van der Waals surface area contributed by atoms with E-state index in [-0.39, 0.29) is 36.6 Å². The number of alkyl halides is 3. The minimum atomic E-state index is -4.68. The van der Waals surface area contributed by atoms with Crippen LogP contribution < -0.4 is 10.1 Å². The van der Waals surface area contributed by atoms with Crippen molar-refractivity contribution in [2.75, 3.05) is 26.2 Å². The summed E-state index contributed by atoms with van der Waals surface area (Å²) in [6.07, 6.45) is -2.69. The zero-order chi connectivity index (χ0) is 18.9. The molecule has 1 aliphatic heterocycles. The van der Waals surface area contributed by atoms with E-state index in [1.807, 2.05) is 24.4 Å². The molecule has 3 aromatic rings. The lowest BCUT2D eigenvalue weighted by atomic mass is 9.96. The van der Waals surface area contributed by atoms with Crippen molar-refractivity contribution in [1.82, 2.24) is 15.2 Å². The number of halogens is 5. The van der Waals surface area contributed by atoms with Crippen LogP contribution in [0.3, 0.4) is 0 Å². The first kappa shape index (κ1) is 23.3. The van der Waals surface area contributed by atoms with Gasteiger partial charge in [-0.3, -0.25) is 4.90 Å². The van der Waals surface area contributed by atoms with Crippen molar-refractivity contribution < 1.29 is 17.9 Å². The average Bonchev–Trinajstić information content (AvgIpc) is 3.07. The predicted molar refractivity (Wildman–Crippen MR) is 112 cm³/mol. The molecule has 2 N–H and O–H groups in total.